The van der Waals surface area contributed by atoms with Gasteiger partial charge in [0, 0.05) is 16.8 Å². The minimum atomic E-state index is 0.646. The predicted octanol–water partition coefficient (Wildman–Crippen LogP) is 3.78. The Kier molecular flexibility index (Phi) is 3.36. The van der Waals surface area contributed by atoms with E-state index in [1.807, 2.05) is 31.2 Å². The van der Waals surface area contributed by atoms with Gasteiger partial charge in [0.25, 0.3) is 0 Å². The molecule has 2 rings (SSSR count). The number of nitrogens with two attached hydrogens (primary N) is 1. The van der Waals surface area contributed by atoms with E-state index in [2.05, 4.69) is 11.1 Å². The third-order valence-electron chi connectivity index (χ3n) is 2.00. The molecule has 1 aromatic heterocycles. The lowest BCUT2D eigenvalue weighted by Gasteiger charge is -2.04. The Morgan fingerprint density at radius 2 is 2.06 bits per heavy atom. The van der Waals surface area contributed by atoms with E-state index in [1.165, 1.54) is 0 Å². The van der Waals surface area contributed by atoms with E-state index in [0.29, 0.717) is 5.02 Å². The van der Waals surface area contributed by atoms with Crippen LogP contribution in [0.5, 0.6) is 0 Å². The van der Waals surface area contributed by atoms with Gasteiger partial charge in [0.2, 0.25) is 0 Å². The van der Waals surface area contributed by atoms with Gasteiger partial charge in [0.1, 0.15) is 5.03 Å². The van der Waals surface area contributed by atoms with Gasteiger partial charge in [0.15, 0.2) is 0 Å². The van der Waals surface area contributed by atoms with Crippen LogP contribution in [0.2, 0.25) is 5.02 Å². The second-order valence-electron chi connectivity index (χ2n) is 3.50. The molecule has 0 saturated carbocycles. The van der Waals surface area contributed by atoms with Crippen molar-refractivity contribution >= 4 is 29.1 Å². The average Bonchev–Trinajstić information content (AvgIpc) is 2.20. The fraction of sp³-hybridized carbons (Fsp3) is 0.0833. The third kappa shape index (κ3) is 2.90. The molecule has 0 radical (unpaired) electrons. The Hall–Kier alpha value is -1.19. The number of nitrogens with zero attached hydrogens (tertiary/aromatic N) is 1. The summed E-state index contributed by atoms with van der Waals surface area (Å²) < 4.78 is 0. The van der Waals surface area contributed by atoms with E-state index >= 15 is 0 Å². The zero-order valence-corrected chi connectivity index (χ0v) is 10.3. The van der Waals surface area contributed by atoms with Crippen molar-refractivity contribution in [2.75, 3.05) is 5.73 Å². The summed E-state index contributed by atoms with van der Waals surface area (Å²) in [5.41, 5.74) is 7.71. The molecule has 0 aliphatic carbocycles. The smallest absolute Gasteiger partial charge is 0.101 e. The van der Waals surface area contributed by atoms with Gasteiger partial charge < -0.3 is 5.73 Å². The second kappa shape index (κ2) is 4.76. The van der Waals surface area contributed by atoms with Crippen LogP contribution in [0.3, 0.4) is 0 Å². The lowest BCUT2D eigenvalue weighted by Crippen LogP contribution is -1.87. The lowest BCUT2D eigenvalue weighted by atomic mass is 10.2. The molecule has 0 saturated heterocycles. The molecule has 0 aliphatic heterocycles. The molecule has 4 heteroatoms. The van der Waals surface area contributed by atoms with E-state index < -0.39 is 0 Å². The zero-order chi connectivity index (χ0) is 11.5. The molecule has 0 aliphatic rings. The first-order valence-electron chi connectivity index (χ1n) is 4.80. The molecule has 2 aromatic rings. The zero-order valence-electron chi connectivity index (χ0n) is 8.77. The van der Waals surface area contributed by atoms with E-state index in [9.17, 15) is 0 Å². The van der Waals surface area contributed by atoms with Crippen LogP contribution in [0.1, 0.15) is 5.56 Å². The molecule has 0 amide bonds. The number of hydrogen-bond donors (Lipinski definition) is 1. The minimum absolute atomic E-state index is 0.646. The van der Waals surface area contributed by atoms with E-state index in [0.717, 1.165) is 21.2 Å². The van der Waals surface area contributed by atoms with Crippen molar-refractivity contribution in [2.45, 2.75) is 16.8 Å². The number of hydrogen-bond acceptors (Lipinski definition) is 3. The van der Waals surface area contributed by atoms with Gasteiger partial charge in [-0.2, -0.15) is 0 Å². The van der Waals surface area contributed by atoms with Gasteiger partial charge in [-0.15, -0.1) is 0 Å². The molecule has 0 spiro atoms. The summed E-state index contributed by atoms with van der Waals surface area (Å²) in [7, 11) is 0. The molecule has 1 heterocycles. The van der Waals surface area contributed by atoms with Crippen LogP contribution in [-0.4, -0.2) is 4.98 Å². The summed E-state index contributed by atoms with van der Waals surface area (Å²) in [5, 5.41) is 1.56. The third-order valence-corrected chi connectivity index (χ3v) is 3.14. The molecule has 0 atom stereocenters. The fourth-order valence-corrected chi connectivity index (χ4v) is 2.41. The minimum Gasteiger partial charge on any atom is -0.399 e. The molecular weight excluding hydrogens is 240 g/mol. The number of aryl methyl sites for hydroxylation is 1. The van der Waals surface area contributed by atoms with Crippen LogP contribution in [0.15, 0.2) is 46.5 Å². The first-order valence-corrected chi connectivity index (χ1v) is 5.99. The molecule has 82 valence electrons. The van der Waals surface area contributed by atoms with Crippen LogP contribution >= 0.6 is 23.4 Å². The number of anilines is 1. The number of pyridine rings is 1. The number of nitrogen functional groups attached to an aromatic ring is 1. The average molecular weight is 251 g/mol. The van der Waals surface area contributed by atoms with Gasteiger partial charge in [-0.25, -0.2) is 4.98 Å². The summed E-state index contributed by atoms with van der Waals surface area (Å²) >= 11 is 7.35. The molecule has 16 heavy (non-hydrogen) atoms. The standard InChI is InChI=1S/C12H11ClN2S/c1-8-4-10(14)6-11(5-8)16-12-3-2-9(13)7-15-12/h2-7H,14H2,1H3. The molecular formula is C12H11ClN2S. The van der Waals surface area contributed by atoms with E-state index in [4.69, 9.17) is 17.3 Å². The molecule has 2 N–H and O–H groups in total. The topological polar surface area (TPSA) is 38.9 Å². The number of aromatic nitrogens is 1. The maximum Gasteiger partial charge on any atom is 0.101 e. The Bertz CT molecular complexity index is 477. The van der Waals surface area contributed by atoms with E-state index in [1.54, 1.807) is 18.0 Å². The van der Waals surface area contributed by atoms with Crippen molar-refractivity contribution in [3.8, 4) is 0 Å². The van der Waals surface area contributed by atoms with Crippen molar-refractivity contribution in [1.29, 1.82) is 0 Å². The van der Waals surface area contributed by atoms with Gasteiger partial charge in [-0.05, 0) is 42.8 Å². The van der Waals surface area contributed by atoms with Crippen molar-refractivity contribution in [3.05, 3.63) is 47.1 Å². The van der Waals surface area contributed by atoms with E-state index in [-0.39, 0.29) is 0 Å². The van der Waals surface area contributed by atoms with Crippen molar-refractivity contribution in [3.63, 3.8) is 0 Å². The van der Waals surface area contributed by atoms with Crippen LogP contribution in [0.4, 0.5) is 5.69 Å². The normalized spacial score (nSPS) is 10.4. The molecule has 0 fully saturated rings. The molecule has 0 bridgehead atoms. The summed E-state index contributed by atoms with van der Waals surface area (Å²) in [4.78, 5) is 5.31. The largest absolute Gasteiger partial charge is 0.399 e. The number of benzene rings is 1. The number of rotatable bonds is 2. The summed E-state index contributed by atoms with van der Waals surface area (Å²) in [6.07, 6.45) is 1.64. The van der Waals surface area contributed by atoms with Gasteiger partial charge in [-0.3, -0.25) is 0 Å². The Morgan fingerprint density at radius 3 is 2.69 bits per heavy atom. The van der Waals surface area contributed by atoms with Gasteiger partial charge in [-0.1, -0.05) is 23.4 Å². The summed E-state index contributed by atoms with van der Waals surface area (Å²) in [6.45, 7) is 2.02. The van der Waals surface area contributed by atoms with Crippen LogP contribution in [0, 0.1) is 6.92 Å². The van der Waals surface area contributed by atoms with Gasteiger partial charge in [0.05, 0.1) is 5.02 Å². The highest BCUT2D eigenvalue weighted by Crippen LogP contribution is 2.28. The first-order chi connectivity index (χ1) is 7.63. The van der Waals surface area contributed by atoms with Crippen LogP contribution < -0.4 is 5.73 Å². The van der Waals surface area contributed by atoms with Crippen molar-refractivity contribution in [2.24, 2.45) is 0 Å². The Morgan fingerprint density at radius 1 is 1.25 bits per heavy atom. The lowest BCUT2D eigenvalue weighted by molar-refractivity contribution is 1.13. The number of halogens is 1. The maximum atomic E-state index is 5.78. The second-order valence-corrected chi connectivity index (χ2v) is 5.03. The summed E-state index contributed by atoms with van der Waals surface area (Å²) in [5.74, 6) is 0. The first kappa shape index (κ1) is 11.3. The van der Waals surface area contributed by atoms with Crippen LogP contribution in [0.25, 0.3) is 0 Å². The molecule has 0 unspecified atom stereocenters. The van der Waals surface area contributed by atoms with Crippen molar-refractivity contribution < 1.29 is 0 Å². The maximum absolute atomic E-state index is 5.78. The summed E-state index contributed by atoms with van der Waals surface area (Å²) in [6, 6.07) is 9.69. The quantitative estimate of drug-likeness (QED) is 0.825. The highest BCUT2D eigenvalue weighted by Gasteiger charge is 2.00. The predicted molar refractivity (Wildman–Crippen MR) is 69.0 cm³/mol. The van der Waals surface area contributed by atoms with Gasteiger partial charge >= 0.3 is 0 Å². The fourth-order valence-electron chi connectivity index (χ4n) is 1.38. The van der Waals surface area contributed by atoms with Crippen LogP contribution in [-0.2, 0) is 0 Å². The Labute approximate surface area is 104 Å². The Balaban J connectivity index is 2.23. The SMILES string of the molecule is Cc1cc(N)cc(Sc2ccc(Cl)cn2)c1. The highest BCUT2D eigenvalue weighted by molar-refractivity contribution is 7.99. The molecule has 1 aromatic carbocycles. The van der Waals surface area contributed by atoms with Crippen molar-refractivity contribution in [1.82, 2.24) is 4.98 Å². The monoisotopic (exact) mass is 250 g/mol. The molecule has 2 nitrogen and oxygen atoms in total. The highest BCUT2D eigenvalue weighted by atomic mass is 35.5.